The Morgan fingerprint density at radius 3 is 0.787 bits per heavy atom. The third-order valence-corrected chi connectivity index (χ3v) is 14.5. The van der Waals surface area contributed by atoms with Gasteiger partial charge in [-0.25, -0.2) is 0 Å². The lowest BCUT2D eigenvalue weighted by molar-refractivity contribution is -0.167. The maximum atomic E-state index is 12.9. The fourth-order valence-corrected chi connectivity index (χ4v) is 9.50. The van der Waals surface area contributed by atoms with Gasteiger partial charge in [0.05, 0.1) is 0 Å². The molecule has 6 heteroatoms. The summed E-state index contributed by atoms with van der Waals surface area (Å²) in [4.78, 5) is 38.4. The van der Waals surface area contributed by atoms with Gasteiger partial charge in [-0.2, -0.15) is 0 Å². The van der Waals surface area contributed by atoms with Crippen LogP contribution in [0.5, 0.6) is 0 Å². The summed E-state index contributed by atoms with van der Waals surface area (Å²) < 4.78 is 17.0. The molecule has 1 atom stereocenters. The molecule has 0 aromatic carbocycles. The van der Waals surface area contributed by atoms with E-state index in [-0.39, 0.29) is 31.1 Å². The normalized spacial score (nSPS) is 12.4. The van der Waals surface area contributed by atoms with Gasteiger partial charge in [0.1, 0.15) is 13.2 Å². The topological polar surface area (TPSA) is 78.9 Å². The SMILES string of the molecule is CCCCC/C=C\C/C=C\C/C=C\CCCCCCCCC(=O)OC[C@@H](COC(=O)CCCCCCCCCCC/C=C\CCCCCCCC)OC(=O)CCCCCCCCCCC/C=C\CCCCCCCC. The van der Waals surface area contributed by atoms with Crippen molar-refractivity contribution >= 4 is 17.9 Å². The van der Waals surface area contributed by atoms with Crippen LogP contribution in [0.2, 0.25) is 0 Å². The highest BCUT2D eigenvalue weighted by molar-refractivity contribution is 5.71. The third-order valence-electron chi connectivity index (χ3n) is 14.5. The molecule has 0 amide bonds. The van der Waals surface area contributed by atoms with Crippen LogP contribution < -0.4 is 0 Å². The Labute approximate surface area is 466 Å². The smallest absolute Gasteiger partial charge is 0.306 e. The maximum absolute atomic E-state index is 12.9. The molecule has 0 aromatic rings. The lowest BCUT2D eigenvalue weighted by atomic mass is 10.1. The van der Waals surface area contributed by atoms with Gasteiger partial charge in [0.2, 0.25) is 0 Å². The molecule has 0 spiro atoms. The molecule has 0 aliphatic carbocycles. The summed E-state index contributed by atoms with van der Waals surface area (Å²) in [5.41, 5.74) is 0. The van der Waals surface area contributed by atoms with E-state index in [4.69, 9.17) is 14.2 Å². The van der Waals surface area contributed by atoms with Crippen LogP contribution in [-0.4, -0.2) is 37.2 Å². The van der Waals surface area contributed by atoms with E-state index in [1.807, 2.05) is 0 Å². The number of esters is 3. The highest BCUT2D eigenvalue weighted by Gasteiger charge is 2.19. The van der Waals surface area contributed by atoms with Gasteiger partial charge in [-0.15, -0.1) is 0 Å². The summed E-state index contributed by atoms with van der Waals surface area (Å²) in [6, 6.07) is 0. The van der Waals surface area contributed by atoms with Crippen LogP contribution in [0.3, 0.4) is 0 Å². The molecule has 0 bridgehead atoms. The van der Waals surface area contributed by atoms with Gasteiger partial charge < -0.3 is 14.2 Å². The zero-order valence-corrected chi connectivity index (χ0v) is 50.1. The summed E-state index contributed by atoms with van der Waals surface area (Å²) in [5.74, 6) is -0.877. The van der Waals surface area contributed by atoms with Crippen LogP contribution in [0.25, 0.3) is 0 Å². The number of ether oxygens (including phenoxy) is 3. The first-order valence-electron chi connectivity index (χ1n) is 32.8. The molecule has 0 aromatic heterocycles. The van der Waals surface area contributed by atoms with Gasteiger partial charge in [-0.05, 0) is 109 Å². The molecular formula is C69H124O6. The van der Waals surface area contributed by atoms with Crippen molar-refractivity contribution in [1.82, 2.24) is 0 Å². The van der Waals surface area contributed by atoms with Crippen molar-refractivity contribution in [1.29, 1.82) is 0 Å². The second-order valence-corrected chi connectivity index (χ2v) is 22.0. The zero-order valence-electron chi connectivity index (χ0n) is 50.1. The molecule has 0 rings (SSSR count). The van der Waals surface area contributed by atoms with E-state index >= 15 is 0 Å². The molecule has 0 saturated heterocycles. The predicted octanol–water partition coefficient (Wildman–Crippen LogP) is 22.3. The first-order valence-corrected chi connectivity index (χ1v) is 32.8. The van der Waals surface area contributed by atoms with E-state index in [9.17, 15) is 14.4 Å². The van der Waals surface area contributed by atoms with E-state index in [1.54, 1.807) is 0 Å². The molecule has 6 nitrogen and oxygen atoms in total. The maximum Gasteiger partial charge on any atom is 0.306 e. The van der Waals surface area contributed by atoms with Crippen LogP contribution in [0.15, 0.2) is 60.8 Å². The lowest BCUT2D eigenvalue weighted by Crippen LogP contribution is -2.30. The summed E-state index contributed by atoms with van der Waals surface area (Å²) in [6.45, 7) is 6.64. The van der Waals surface area contributed by atoms with Crippen LogP contribution in [0.4, 0.5) is 0 Å². The van der Waals surface area contributed by atoms with E-state index in [0.717, 1.165) is 77.0 Å². The molecule has 0 unspecified atom stereocenters. The van der Waals surface area contributed by atoms with Gasteiger partial charge in [0, 0.05) is 19.3 Å². The Morgan fingerprint density at radius 1 is 0.267 bits per heavy atom. The van der Waals surface area contributed by atoms with Crippen molar-refractivity contribution in [3.8, 4) is 0 Å². The molecule has 0 aliphatic heterocycles. The highest BCUT2D eigenvalue weighted by atomic mass is 16.6. The first-order chi connectivity index (χ1) is 37.0. The van der Waals surface area contributed by atoms with Gasteiger partial charge in [0.15, 0.2) is 6.10 Å². The number of hydrogen-bond donors (Lipinski definition) is 0. The quantitative estimate of drug-likeness (QED) is 0.0261. The molecule has 436 valence electrons. The van der Waals surface area contributed by atoms with Crippen molar-refractivity contribution in [2.24, 2.45) is 0 Å². The van der Waals surface area contributed by atoms with E-state index < -0.39 is 6.10 Å². The van der Waals surface area contributed by atoms with E-state index in [1.165, 1.54) is 225 Å². The fraction of sp³-hybridized carbons (Fsp3) is 0.812. The minimum Gasteiger partial charge on any atom is -0.462 e. The van der Waals surface area contributed by atoms with Crippen molar-refractivity contribution in [3.63, 3.8) is 0 Å². The van der Waals surface area contributed by atoms with Gasteiger partial charge in [0.25, 0.3) is 0 Å². The standard InChI is InChI=1S/C69H124O6/c1-4-7-10-13-16-19-22-25-28-31-34-37-40-43-46-49-52-55-58-61-67(70)73-64-66(75-69(72)63-60-57-54-51-48-45-42-39-36-33-30-27-24-21-18-15-12-9-6-3)65-74-68(71)62-59-56-53-50-47-44-41-38-35-32-29-26-23-20-17-14-11-8-5-2/h16,19,25-30,34,37,66H,4-15,17-18,20-24,31-33,35-36,38-65H2,1-3H3/b19-16-,28-25-,29-26-,30-27-,37-34-/t66-/m0/s1. The van der Waals surface area contributed by atoms with Gasteiger partial charge in [-0.1, -0.05) is 274 Å². The highest BCUT2D eigenvalue weighted by Crippen LogP contribution is 2.16. The summed E-state index contributed by atoms with van der Waals surface area (Å²) in [6.07, 6.45) is 80.7. The Morgan fingerprint density at radius 2 is 0.480 bits per heavy atom. The summed E-state index contributed by atoms with van der Waals surface area (Å²) in [7, 11) is 0. The molecule has 0 N–H and O–H groups in total. The molecule has 0 heterocycles. The molecule has 0 fully saturated rings. The van der Waals surface area contributed by atoms with Crippen LogP contribution in [0, 0.1) is 0 Å². The van der Waals surface area contributed by atoms with Gasteiger partial charge in [-0.3, -0.25) is 14.4 Å². The second-order valence-electron chi connectivity index (χ2n) is 22.0. The number of hydrogen-bond acceptors (Lipinski definition) is 6. The third kappa shape index (κ3) is 61.8. The average molecular weight is 1050 g/mol. The Balaban J connectivity index is 4.38. The van der Waals surface area contributed by atoms with Crippen molar-refractivity contribution in [2.75, 3.05) is 13.2 Å². The Kier molecular flexibility index (Phi) is 61.2. The Bertz CT molecular complexity index is 1340. The van der Waals surface area contributed by atoms with Crippen LogP contribution in [0.1, 0.15) is 342 Å². The molecule has 0 saturated carbocycles. The number of allylic oxidation sites excluding steroid dienone is 10. The monoisotopic (exact) mass is 1050 g/mol. The lowest BCUT2D eigenvalue weighted by Gasteiger charge is -2.18. The van der Waals surface area contributed by atoms with Crippen molar-refractivity contribution < 1.29 is 28.6 Å². The minimum absolute atomic E-state index is 0.0784. The van der Waals surface area contributed by atoms with E-state index in [0.29, 0.717) is 19.3 Å². The predicted molar refractivity (Wildman–Crippen MR) is 325 cm³/mol. The summed E-state index contributed by atoms with van der Waals surface area (Å²) in [5, 5.41) is 0. The first kappa shape index (κ1) is 72.1. The molecular weight excluding hydrogens is 925 g/mol. The van der Waals surface area contributed by atoms with E-state index in [2.05, 4.69) is 81.5 Å². The average Bonchev–Trinajstić information content (AvgIpc) is 3.41. The zero-order chi connectivity index (χ0) is 54.3. The number of rotatable bonds is 60. The minimum atomic E-state index is -0.783. The summed E-state index contributed by atoms with van der Waals surface area (Å²) >= 11 is 0. The molecule has 0 radical (unpaired) electrons. The number of carbonyl (C=O) groups is 3. The molecule has 0 aliphatic rings. The Hall–Kier alpha value is -2.89. The molecule has 75 heavy (non-hydrogen) atoms. The van der Waals surface area contributed by atoms with Crippen molar-refractivity contribution in [3.05, 3.63) is 60.8 Å². The fourth-order valence-electron chi connectivity index (χ4n) is 9.50. The van der Waals surface area contributed by atoms with Crippen LogP contribution >= 0.6 is 0 Å². The number of unbranched alkanes of at least 4 members (excludes halogenated alkanes) is 39. The number of carbonyl (C=O) groups excluding carboxylic acids is 3. The van der Waals surface area contributed by atoms with Crippen molar-refractivity contribution in [2.45, 2.75) is 348 Å². The van der Waals surface area contributed by atoms with Gasteiger partial charge >= 0.3 is 17.9 Å². The largest absolute Gasteiger partial charge is 0.462 e. The van der Waals surface area contributed by atoms with Crippen LogP contribution in [-0.2, 0) is 28.6 Å². The second kappa shape index (κ2) is 63.6.